The Kier molecular flexibility index (Phi) is 3.66. The number of H-pyrrole nitrogens is 1. The summed E-state index contributed by atoms with van der Waals surface area (Å²) in [7, 11) is 0. The number of benzene rings is 2. The lowest BCUT2D eigenvalue weighted by Gasteiger charge is -2.23. The summed E-state index contributed by atoms with van der Waals surface area (Å²) in [6, 6.07) is 14.2. The molecule has 3 heterocycles. The molecule has 2 aromatic carbocycles. The van der Waals surface area contributed by atoms with Crippen molar-refractivity contribution in [3.63, 3.8) is 0 Å². The van der Waals surface area contributed by atoms with E-state index in [-0.39, 0.29) is 11.9 Å². The number of nitrogens with one attached hydrogen (secondary N) is 1. The zero-order valence-electron chi connectivity index (χ0n) is 14.6. The molecule has 0 bridgehead atoms. The molecule has 0 spiro atoms. The number of likely N-dealkylation sites (tertiary alicyclic amines) is 1. The number of amides is 1. The lowest BCUT2D eigenvalue weighted by molar-refractivity contribution is -0.131. The molecule has 5 nitrogen and oxygen atoms in total. The van der Waals surface area contributed by atoms with Crippen molar-refractivity contribution in [2.75, 3.05) is 13.2 Å². The first-order valence-electron chi connectivity index (χ1n) is 9.27. The van der Waals surface area contributed by atoms with E-state index >= 15 is 0 Å². The Balaban J connectivity index is 1.37. The highest BCUT2D eigenvalue weighted by Gasteiger charge is 2.32. The van der Waals surface area contributed by atoms with Gasteiger partial charge in [0.25, 0.3) is 0 Å². The van der Waals surface area contributed by atoms with E-state index in [4.69, 9.17) is 9.72 Å². The Morgan fingerprint density at radius 1 is 1.27 bits per heavy atom. The molecule has 0 saturated carbocycles. The standard InChI is InChI=1S/C21H21N3O2/c25-20(13-14-7-8-15-9-11-26-19(15)12-14)24-10-3-6-18(24)21-22-16-4-1-2-5-17(16)23-21/h1-2,4-5,7-8,12,18H,3,6,9-11,13H2,(H,22,23). The number of rotatable bonds is 3. The highest BCUT2D eigenvalue weighted by Crippen LogP contribution is 2.32. The minimum absolute atomic E-state index is 0.0422. The van der Waals surface area contributed by atoms with E-state index in [2.05, 4.69) is 17.1 Å². The molecule has 5 heteroatoms. The number of hydrogen-bond acceptors (Lipinski definition) is 3. The molecule has 1 fully saturated rings. The Hall–Kier alpha value is -2.82. The number of aromatic nitrogens is 2. The van der Waals surface area contributed by atoms with Crippen LogP contribution in [0.5, 0.6) is 5.75 Å². The maximum Gasteiger partial charge on any atom is 0.227 e. The second-order valence-corrected chi connectivity index (χ2v) is 7.10. The fraction of sp³-hybridized carbons (Fsp3) is 0.333. The number of nitrogens with zero attached hydrogens (tertiary/aromatic N) is 2. The van der Waals surface area contributed by atoms with Gasteiger partial charge in [-0.3, -0.25) is 4.79 Å². The Labute approximate surface area is 152 Å². The minimum Gasteiger partial charge on any atom is -0.493 e. The van der Waals surface area contributed by atoms with Gasteiger partial charge in [0.05, 0.1) is 30.1 Å². The highest BCUT2D eigenvalue weighted by molar-refractivity contribution is 5.80. The molecule has 2 aliphatic rings. The molecule has 1 amide bonds. The fourth-order valence-corrected chi connectivity index (χ4v) is 4.08. The first-order chi connectivity index (χ1) is 12.8. The number of ether oxygens (including phenoxy) is 1. The fourth-order valence-electron chi connectivity index (χ4n) is 4.08. The first kappa shape index (κ1) is 15.4. The first-order valence-corrected chi connectivity index (χ1v) is 9.27. The van der Waals surface area contributed by atoms with Crippen LogP contribution in [-0.2, 0) is 17.6 Å². The van der Waals surface area contributed by atoms with E-state index < -0.39 is 0 Å². The average molecular weight is 347 g/mol. The second kappa shape index (κ2) is 6.16. The van der Waals surface area contributed by atoms with Crippen molar-refractivity contribution in [3.05, 3.63) is 59.4 Å². The van der Waals surface area contributed by atoms with E-state index in [0.717, 1.165) is 60.6 Å². The van der Waals surface area contributed by atoms with Gasteiger partial charge in [0, 0.05) is 13.0 Å². The Morgan fingerprint density at radius 2 is 2.19 bits per heavy atom. The predicted molar refractivity (Wildman–Crippen MR) is 99.1 cm³/mol. The highest BCUT2D eigenvalue weighted by atomic mass is 16.5. The number of carbonyl (C=O) groups excluding carboxylic acids is 1. The summed E-state index contributed by atoms with van der Waals surface area (Å²) in [5.74, 6) is 1.99. The van der Waals surface area contributed by atoms with Gasteiger partial charge < -0.3 is 14.6 Å². The van der Waals surface area contributed by atoms with Crippen molar-refractivity contribution in [3.8, 4) is 5.75 Å². The zero-order valence-corrected chi connectivity index (χ0v) is 14.6. The van der Waals surface area contributed by atoms with Crippen molar-refractivity contribution >= 4 is 16.9 Å². The molecule has 1 N–H and O–H groups in total. The maximum atomic E-state index is 13.0. The van der Waals surface area contributed by atoms with Gasteiger partial charge in [-0.05, 0) is 42.2 Å². The van der Waals surface area contributed by atoms with Crippen LogP contribution in [0.15, 0.2) is 42.5 Å². The van der Waals surface area contributed by atoms with Gasteiger partial charge in [-0.15, -0.1) is 0 Å². The predicted octanol–water partition coefficient (Wildman–Crippen LogP) is 3.40. The average Bonchev–Trinajstić information content (AvgIpc) is 3.38. The van der Waals surface area contributed by atoms with Crippen LogP contribution < -0.4 is 4.74 Å². The van der Waals surface area contributed by atoms with Crippen LogP contribution >= 0.6 is 0 Å². The van der Waals surface area contributed by atoms with Gasteiger partial charge in [-0.25, -0.2) is 4.98 Å². The van der Waals surface area contributed by atoms with Crippen LogP contribution in [-0.4, -0.2) is 33.9 Å². The van der Waals surface area contributed by atoms with Crippen LogP contribution in [0.1, 0.15) is 35.8 Å². The number of hydrogen-bond donors (Lipinski definition) is 1. The van der Waals surface area contributed by atoms with Crippen molar-refractivity contribution < 1.29 is 9.53 Å². The minimum atomic E-state index is 0.0422. The molecule has 0 aliphatic carbocycles. The summed E-state index contributed by atoms with van der Waals surface area (Å²) in [6.45, 7) is 1.54. The quantitative estimate of drug-likeness (QED) is 0.790. The molecular formula is C21H21N3O2. The number of para-hydroxylation sites is 2. The second-order valence-electron chi connectivity index (χ2n) is 7.10. The van der Waals surface area contributed by atoms with Crippen LogP contribution in [0.4, 0.5) is 0 Å². The summed E-state index contributed by atoms with van der Waals surface area (Å²) < 4.78 is 5.63. The van der Waals surface area contributed by atoms with Gasteiger partial charge >= 0.3 is 0 Å². The van der Waals surface area contributed by atoms with Crippen molar-refractivity contribution in [2.45, 2.75) is 31.7 Å². The van der Waals surface area contributed by atoms with Gasteiger partial charge in [-0.2, -0.15) is 0 Å². The van der Waals surface area contributed by atoms with Crippen molar-refractivity contribution in [1.82, 2.24) is 14.9 Å². The third-order valence-corrected chi connectivity index (χ3v) is 5.41. The molecule has 1 atom stereocenters. The lowest BCUT2D eigenvalue weighted by atomic mass is 10.1. The lowest BCUT2D eigenvalue weighted by Crippen LogP contribution is -2.32. The maximum absolute atomic E-state index is 13.0. The van der Waals surface area contributed by atoms with E-state index in [1.165, 1.54) is 5.56 Å². The number of carbonyl (C=O) groups is 1. The van der Waals surface area contributed by atoms with Crippen LogP contribution in [0.25, 0.3) is 11.0 Å². The van der Waals surface area contributed by atoms with Gasteiger partial charge in [0.2, 0.25) is 5.91 Å². The van der Waals surface area contributed by atoms with Crippen LogP contribution in [0.2, 0.25) is 0 Å². The summed E-state index contributed by atoms with van der Waals surface area (Å²) in [4.78, 5) is 23.0. The molecule has 0 radical (unpaired) electrons. The molecule has 2 aliphatic heterocycles. The molecular weight excluding hydrogens is 326 g/mol. The van der Waals surface area contributed by atoms with Crippen LogP contribution in [0, 0.1) is 0 Å². The normalized spacial score (nSPS) is 18.9. The van der Waals surface area contributed by atoms with Gasteiger partial charge in [0.1, 0.15) is 11.6 Å². The van der Waals surface area contributed by atoms with Crippen molar-refractivity contribution in [1.29, 1.82) is 0 Å². The third-order valence-electron chi connectivity index (χ3n) is 5.41. The Bertz CT molecular complexity index is 945. The number of fused-ring (bicyclic) bond motifs is 2. The molecule has 132 valence electrons. The number of aromatic amines is 1. The largest absolute Gasteiger partial charge is 0.493 e. The van der Waals surface area contributed by atoms with E-state index in [9.17, 15) is 4.79 Å². The summed E-state index contributed by atoms with van der Waals surface area (Å²) in [5, 5.41) is 0. The summed E-state index contributed by atoms with van der Waals surface area (Å²) in [6.07, 6.45) is 3.34. The SMILES string of the molecule is O=C(Cc1ccc2c(c1)OCC2)N1CCCC1c1nc2ccccc2[nH]1. The van der Waals surface area contributed by atoms with E-state index in [1.54, 1.807) is 0 Å². The molecule has 1 saturated heterocycles. The topological polar surface area (TPSA) is 58.2 Å². The van der Waals surface area contributed by atoms with Gasteiger partial charge in [-0.1, -0.05) is 24.3 Å². The number of imidazole rings is 1. The molecule has 5 rings (SSSR count). The van der Waals surface area contributed by atoms with Crippen LogP contribution in [0.3, 0.4) is 0 Å². The monoisotopic (exact) mass is 347 g/mol. The third kappa shape index (κ3) is 2.64. The van der Waals surface area contributed by atoms with Crippen molar-refractivity contribution in [2.24, 2.45) is 0 Å². The molecule has 1 aromatic heterocycles. The van der Waals surface area contributed by atoms with E-state index in [0.29, 0.717) is 6.42 Å². The molecule has 26 heavy (non-hydrogen) atoms. The summed E-state index contributed by atoms with van der Waals surface area (Å²) >= 11 is 0. The zero-order chi connectivity index (χ0) is 17.5. The molecule has 1 unspecified atom stereocenters. The van der Waals surface area contributed by atoms with Gasteiger partial charge in [0.15, 0.2) is 0 Å². The summed E-state index contributed by atoms with van der Waals surface area (Å²) in [5.41, 5.74) is 4.24. The Morgan fingerprint density at radius 3 is 3.12 bits per heavy atom. The van der Waals surface area contributed by atoms with E-state index in [1.807, 2.05) is 35.2 Å². The smallest absolute Gasteiger partial charge is 0.227 e. The molecule has 3 aromatic rings.